The average Bonchev–Trinajstić information content (AvgIpc) is 3.02. The predicted octanol–water partition coefficient (Wildman–Crippen LogP) is 3.28. The smallest absolute Gasteiger partial charge is 0.408 e. The standard InChI is InChI=1S/C19H21NO6/c1-19(2,3)26-18(24)20-15(17(22)23)8-12-4-6-14(7-5-12)16-9-13(10-21)11-25-16/h4-7,9-11,15H,8H2,1-3H3,(H,20,24)(H,22,23). The Labute approximate surface area is 151 Å². The van der Waals surface area contributed by atoms with Crippen LogP contribution in [0.1, 0.15) is 36.7 Å². The van der Waals surface area contributed by atoms with Crippen LogP contribution in [0.2, 0.25) is 0 Å². The summed E-state index contributed by atoms with van der Waals surface area (Å²) in [5.74, 6) is -0.609. The second-order valence-electron chi connectivity index (χ2n) is 6.80. The van der Waals surface area contributed by atoms with Crippen molar-refractivity contribution in [3.63, 3.8) is 0 Å². The van der Waals surface area contributed by atoms with Gasteiger partial charge in [0.1, 0.15) is 23.7 Å². The number of aliphatic carboxylic acids is 1. The number of benzene rings is 1. The van der Waals surface area contributed by atoms with E-state index in [1.807, 2.05) is 0 Å². The fourth-order valence-electron chi connectivity index (χ4n) is 2.25. The van der Waals surface area contributed by atoms with Crippen LogP contribution < -0.4 is 5.32 Å². The number of hydrogen-bond donors (Lipinski definition) is 2. The van der Waals surface area contributed by atoms with Gasteiger partial charge in [0, 0.05) is 12.0 Å². The van der Waals surface area contributed by atoms with Gasteiger partial charge in [-0.25, -0.2) is 9.59 Å². The van der Waals surface area contributed by atoms with Crippen LogP contribution in [-0.2, 0) is 16.0 Å². The minimum absolute atomic E-state index is 0.104. The molecule has 138 valence electrons. The maximum absolute atomic E-state index is 11.8. The van der Waals surface area contributed by atoms with E-state index in [0.29, 0.717) is 17.6 Å². The van der Waals surface area contributed by atoms with Crippen molar-refractivity contribution in [2.24, 2.45) is 0 Å². The first-order valence-corrected chi connectivity index (χ1v) is 8.03. The first-order chi connectivity index (χ1) is 12.2. The topological polar surface area (TPSA) is 106 Å². The molecular weight excluding hydrogens is 338 g/mol. The van der Waals surface area contributed by atoms with Crippen molar-refractivity contribution in [3.8, 4) is 11.3 Å². The molecule has 0 aliphatic rings. The van der Waals surface area contributed by atoms with Crippen molar-refractivity contribution >= 4 is 18.3 Å². The highest BCUT2D eigenvalue weighted by molar-refractivity contribution is 5.80. The van der Waals surface area contributed by atoms with Crippen molar-refractivity contribution in [1.29, 1.82) is 0 Å². The van der Waals surface area contributed by atoms with Crippen LogP contribution in [0.25, 0.3) is 11.3 Å². The Bertz CT molecular complexity index is 785. The van der Waals surface area contributed by atoms with Gasteiger partial charge in [-0.1, -0.05) is 24.3 Å². The lowest BCUT2D eigenvalue weighted by Gasteiger charge is -2.22. The highest BCUT2D eigenvalue weighted by Gasteiger charge is 2.24. The monoisotopic (exact) mass is 359 g/mol. The Morgan fingerprint density at radius 3 is 2.42 bits per heavy atom. The molecule has 2 aromatic rings. The molecule has 2 N–H and O–H groups in total. The molecule has 7 heteroatoms. The first-order valence-electron chi connectivity index (χ1n) is 8.03. The summed E-state index contributed by atoms with van der Waals surface area (Å²) in [6.07, 6.45) is 1.38. The number of carboxylic acid groups (broad SMARTS) is 1. The lowest BCUT2D eigenvalue weighted by Crippen LogP contribution is -2.44. The van der Waals surface area contributed by atoms with E-state index in [4.69, 9.17) is 9.15 Å². The fraction of sp³-hybridized carbons (Fsp3) is 0.316. The number of ether oxygens (including phenoxy) is 1. The van der Waals surface area contributed by atoms with Crippen molar-refractivity contribution in [1.82, 2.24) is 5.32 Å². The average molecular weight is 359 g/mol. The number of alkyl carbamates (subject to hydrolysis) is 1. The Morgan fingerprint density at radius 2 is 1.92 bits per heavy atom. The lowest BCUT2D eigenvalue weighted by molar-refractivity contribution is -0.139. The molecule has 1 unspecified atom stereocenters. The van der Waals surface area contributed by atoms with Crippen LogP contribution in [0.5, 0.6) is 0 Å². The molecule has 0 saturated carbocycles. The summed E-state index contributed by atoms with van der Waals surface area (Å²) in [7, 11) is 0. The van der Waals surface area contributed by atoms with Gasteiger partial charge in [0.05, 0.1) is 5.56 Å². The maximum atomic E-state index is 11.8. The van der Waals surface area contributed by atoms with E-state index < -0.39 is 23.7 Å². The second kappa shape index (κ2) is 7.86. The first kappa shape index (κ1) is 19.2. The highest BCUT2D eigenvalue weighted by Crippen LogP contribution is 2.22. The Hall–Kier alpha value is -3.09. The van der Waals surface area contributed by atoms with E-state index in [2.05, 4.69) is 5.32 Å². The van der Waals surface area contributed by atoms with Gasteiger partial charge in [-0.2, -0.15) is 0 Å². The minimum atomic E-state index is -1.15. The molecule has 26 heavy (non-hydrogen) atoms. The molecule has 0 aliphatic carbocycles. The molecule has 1 amide bonds. The molecule has 0 saturated heterocycles. The van der Waals surface area contributed by atoms with Gasteiger partial charge in [0.15, 0.2) is 6.29 Å². The number of carbonyl (C=O) groups is 3. The molecule has 2 rings (SSSR count). The molecule has 1 atom stereocenters. The van der Waals surface area contributed by atoms with E-state index in [1.165, 1.54) is 6.26 Å². The summed E-state index contributed by atoms with van der Waals surface area (Å²) < 4.78 is 10.4. The van der Waals surface area contributed by atoms with Crippen LogP contribution in [0.15, 0.2) is 41.0 Å². The summed E-state index contributed by atoms with van der Waals surface area (Å²) in [4.78, 5) is 33.9. The summed E-state index contributed by atoms with van der Waals surface area (Å²) in [5.41, 5.74) is 1.21. The molecule has 0 radical (unpaired) electrons. The van der Waals surface area contributed by atoms with E-state index in [1.54, 1.807) is 51.1 Å². The number of carboxylic acids is 1. The third-order valence-corrected chi connectivity index (χ3v) is 3.42. The molecule has 7 nitrogen and oxygen atoms in total. The molecule has 0 aliphatic heterocycles. The number of carbonyl (C=O) groups excluding carboxylic acids is 2. The van der Waals surface area contributed by atoms with E-state index in [-0.39, 0.29) is 6.42 Å². The van der Waals surface area contributed by atoms with E-state index in [0.717, 1.165) is 11.1 Å². The third kappa shape index (κ3) is 5.47. The summed E-state index contributed by atoms with van der Waals surface area (Å²) >= 11 is 0. The van der Waals surface area contributed by atoms with Crippen molar-refractivity contribution in [2.75, 3.05) is 0 Å². The zero-order chi connectivity index (χ0) is 19.3. The third-order valence-electron chi connectivity index (χ3n) is 3.42. The maximum Gasteiger partial charge on any atom is 0.408 e. The van der Waals surface area contributed by atoms with Gasteiger partial charge >= 0.3 is 12.1 Å². The van der Waals surface area contributed by atoms with Gasteiger partial charge in [0.2, 0.25) is 0 Å². The van der Waals surface area contributed by atoms with Crippen LogP contribution in [0.4, 0.5) is 4.79 Å². The van der Waals surface area contributed by atoms with E-state index >= 15 is 0 Å². The molecule has 0 bridgehead atoms. The molecule has 0 spiro atoms. The number of nitrogens with one attached hydrogen (secondary N) is 1. The van der Waals surface area contributed by atoms with Gasteiger partial charge < -0.3 is 19.6 Å². The molecule has 1 aromatic carbocycles. The van der Waals surface area contributed by atoms with Crippen LogP contribution in [-0.4, -0.2) is 35.1 Å². The van der Waals surface area contributed by atoms with Crippen molar-refractivity contribution in [3.05, 3.63) is 47.7 Å². The van der Waals surface area contributed by atoms with Crippen molar-refractivity contribution < 1.29 is 28.6 Å². The quantitative estimate of drug-likeness (QED) is 0.767. The van der Waals surface area contributed by atoms with Crippen LogP contribution in [0, 0.1) is 0 Å². The Morgan fingerprint density at radius 1 is 1.27 bits per heavy atom. The summed E-state index contributed by atoms with van der Waals surface area (Å²) in [6.45, 7) is 5.10. The highest BCUT2D eigenvalue weighted by atomic mass is 16.6. The normalized spacial score (nSPS) is 12.3. The van der Waals surface area contributed by atoms with Gasteiger partial charge in [-0.05, 0) is 32.4 Å². The zero-order valence-corrected chi connectivity index (χ0v) is 14.8. The molecule has 1 aromatic heterocycles. The van der Waals surface area contributed by atoms with Gasteiger partial charge in [-0.15, -0.1) is 0 Å². The Balaban J connectivity index is 2.05. The molecule has 1 heterocycles. The van der Waals surface area contributed by atoms with E-state index in [9.17, 15) is 19.5 Å². The minimum Gasteiger partial charge on any atom is -0.480 e. The lowest BCUT2D eigenvalue weighted by atomic mass is 10.0. The van der Waals surface area contributed by atoms with Crippen molar-refractivity contribution in [2.45, 2.75) is 38.8 Å². The number of amides is 1. The van der Waals surface area contributed by atoms with Gasteiger partial charge in [0.25, 0.3) is 0 Å². The number of furan rings is 1. The largest absolute Gasteiger partial charge is 0.480 e. The van der Waals surface area contributed by atoms with Gasteiger partial charge in [-0.3, -0.25) is 4.79 Å². The van der Waals surface area contributed by atoms with Crippen LogP contribution in [0.3, 0.4) is 0 Å². The summed E-state index contributed by atoms with van der Waals surface area (Å²) in [5, 5.41) is 11.7. The predicted molar refractivity (Wildman–Crippen MR) is 94.0 cm³/mol. The molecular formula is C19H21NO6. The summed E-state index contributed by atoms with van der Waals surface area (Å²) in [6, 6.07) is 7.51. The SMILES string of the molecule is CC(C)(C)OC(=O)NC(Cc1ccc(-c2cc(C=O)co2)cc1)C(=O)O. The molecule has 0 fully saturated rings. The Kier molecular flexibility index (Phi) is 5.82. The fourth-order valence-corrected chi connectivity index (χ4v) is 2.25. The van der Waals surface area contributed by atoms with Crippen LogP contribution >= 0.6 is 0 Å². The zero-order valence-electron chi connectivity index (χ0n) is 14.8. The number of rotatable bonds is 6. The number of hydrogen-bond acceptors (Lipinski definition) is 5. The second-order valence-corrected chi connectivity index (χ2v) is 6.80. The number of aldehydes is 1.